The maximum absolute atomic E-state index is 13.6. The first-order valence-electron chi connectivity index (χ1n) is 6.92. The molecule has 0 radical (unpaired) electrons. The quantitative estimate of drug-likeness (QED) is 0.858. The number of primary amides is 1. The smallest absolute Gasteiger partial charge is 0.221 e. The zero-order valence-corrected chi connectivity index (χ0v) is 12.0. The van der Waals surface area contributed by atoms with E-state index < -0.39 is 0 Å². The van der Waals surface area contributed by atoms with Crippen LogP contribution in [0.5, 0.6) is 0 Å². The molecule has 0 aromatic heterocycles. The van der Waals surface area contributed by atoms with Crippen molar-refractivity contribution in [3.05, 3.63) is 65.5 Å². The van der Waals surface area contributed by atoms with E-state index in [9.17, 15) is 9.18 Å². The van der Waals surface area contributed by atoms with Crippen molar-refractivity contribution in [3.8, 4) is 0 Å². The van der Waals surface area contributed by atoms with Gasteiger partial charge in [-0.2, -0.15) is 0 Å². The fourth-order valence-corrected chi connectivity index (χ4v) is 2.25. The third kappa shape index (κ3) is 4.60. The van der Waals surface area contributed by atoms with Crippen LogP contribution in [-0.4, -0.2) is 11.9 Å². The monoisotopic (exact) mass is 286 g/mol. The summed E-state index contributed by atoms with van der Waals surface area (Å²) in [6.45, 7) is 2.00. The minimum absolute atomic E-state index is 0.101. The molecule has 2 aromatic carbocycles. The number of carbonyl (C=O) groups is 1. The molecule has 4 heteroatoms. The summed E-state index contributed by atoms with van der Waals surface area (Å²) >= 11 is 0. The van der Waals surface area contributed by atoms with Crippen LogP contribution in [0, 0.1) is 5.82 Å². The van der Waals surface area contributed by atoms with E-state index in [2.05, 4.69) is 5.32 Å². The largest absolute Gasteiger partial charge is 0.382 e. The van der Waals surface area contributed by atoms with Gasteiger partial charge in [0.1, 0.15) is 5.82 Å². The highest BCUT2D eigenvalue weighted by molar-refractivity contribution is 5.76. The van der Waals surface area contributed by atoms with Gasteiger partial charge in [0, 0.05) is 11.7 Å². The Balaban J connectivity index is 1.95. The van der Waals surface area contributed by atoms with E-state index in [4.69, 9.17) is 5.73 Å². The van der Waals surface area contributed by atoms with Crippen molar-refractivity contribution < 1.29 is 9.18 Å². The summed E-state index contributed by atoms with van der Waals surface area (Å²) in [7, 11) is 0. The number of carbonyl (C=O) groups excluding carboxylic acids is 1. The van der Waals surface area contributed by atoms with Crippen LogP contribution in [0.1, 0.15) is 18.1 Å². The Morgan fingerprint density at radius 1 is 1.19 bits per heavy atom. The number of amides is 1. The Hall–Kier alpha value is -2.36. The zero-order valence-electron chi connectivity index (χ0n) is 12.0. The fraction of sp³-hybridized carbons (Fsp3) is 0.235. The van der Waals surface area contributed by atoms with E-state index >= 15 is 0 Å². The minimum atomic E-state index is -0.344. The molecule has 2 aromatic rings. The number of nitrogens with two attached hydrogens (primary N) is 1. The predicted molar refractivity (Wildman–Crippen MR) is 82.5 cm³/mol. The average molecular weight is 286 g/mol. The third-order valence-corrected chi connectivity index (χ3v) is 3.23. The zero-order chi connectivity index (χ0) is 15.2. The Bertz CT molecular complexity index is 610. The summed E-state index contributed by atoms with van der Waals surface area (Å²) in [5, 5.41) is 3.32. The Morgan fingerprint density at radius 2 is 1.86 bits per heavy atom. The molecule has 3 N–H and O–H groups in total. The summed E-state index contributed by atoms with van der Waals surface area (Å²) in [5.74, 6) is -0.522. The molecule has 0 aliphatic carbocycles. The van der Waals surface area contributed by atoms with Gasteiger partial charge in [-0.15, -0.1) is 0 Å². The second-order valence-corrected chi connectivity index (χ2v) is 5.18. The van der Waals surface area contributed by atoms with Crippen LogP contribution in [0.25, 0.3) is 0 Å². The van der Waals surface area contributed by atoms with Gasteiger partial charge in [0.2, 0.25) is 5.91 Å². The molecule has 0 unspecified atom stereocenters. The lowest BCUT2D eigenvalue weighted by Gasteiger charge is -2.16. The number of anilines is 1. The molecule has 1 amide bonds. The maximum Gasteiger partial charge on any atom is 0.221 e. The highest BCUT2D eigenvalue weighted by Gasteiger charge is 2.07. The molecule has 0 fully saturated rings. The molecule has 3 nitrogen and oxygen atoms in total. The van der Waals surface area contributed by atoms with Crippen molar-refractivity contribution in [1.82, 2.24) is 0 Å². The van der Waals surface area contributed by atoms with Crippen LogP contribution in [0.2, 0.25) is 0 Å². The number of benzene rings is 2. The van der Waals surface area contributed by atoms with Crippen LogP contribution in [0.3, 0.4) is 0 Å². The molecular formula is C17H19FN2O. The summed E-state index contributed by atoms with van der Waals surface area (Å²) < 4.78 is 13.6. The van der Waals surface area contributed by atoms with Crippen LogP contribution in [-0.2, 0) is 17.6 Å². The van der Waals surface area contributed by atoms with Crippen molar-refractivity contribution in [2.45, 2.75) is 25.8 Å². The first-order chi connectivity index (χ1) is 10.0. The second kappa shape index (κ2) is 6.88. The van der Waals surface area contributed by atoms with Crippen molar-refractivity contribution in [1.29, 1.82) is 0 Å². The Morgan fingerprint density at radius 3 is 2.48 bits per heavy atom. The third-order valence-electron chi connectivity index (χ3n) is 3.23. The van der Waals surface area contributed by atoms with Crippen molar-refractivity contribution in [2.75, 3.05) is 5.32 Å². The molecule has 2 rings (SSSR count). The van der Waals surface area contributed by atoms with Crippen molar-refractivity contribution >= 4 is 11.6 Å². The molecule has 0 spiro atoms. The van der Waals surface area contributed by atoms with Crippen LogP contribution in [0.4, 0.5) is 10.1 Å². The van der Waals surface area contributed by atoms with Crippen LogP contribution < -0.4 is 11.1 Å². The highest BCUT2D eigenvalue weighted by atomic mass is 19.1. The molecule has 21 heavy (non-hydrogen) atoms. The van der Waals surface area contributed by atoms with Gasteiger partial charge in [0.25, 0.3) is 0 Å². The molecular weight excluding hydrogens is 267 g/mol. The summed E-state index contributed by atoms with van der Waals surface area (Å²) in [4.78, 5) is 10.8. The van der Waals surface area contributed by atoms with Gasteiger partial charge in [0.05, 0.1) is 6.42 Å². The predicted octanol–water partition coefficient (Wildman–Crippen LogP) is 2.90. The van der Waals surface area contributed by atoms with E-state index in [-0.39, 0.29) is 24.2 Å². The summed E-state index contributed by atoms with van der Waals surface area (Å²) in [5.41, 5.74) is 7.67. The molecule has 0 saturated carbocycles. The molecule has 0 aliphatic heterocycles. The topological polar surface area (TPSA) is 55.1 Å². The number of nitrogens with one attached hydrogen (secondary N) is 1. The molecule has 0 heterocycles. The lowest BCUT2D eigenvalue weighted by atomic mass is 10.1. The van der Waals surface area contributed by atoms with Gasteiger partial charge in [0.15, 0.2) is 0 Å². The van der Waals surface area contributed by atoms with Gasteiger partial charge < -0.3 is 11.1 Å². The second-order valence-electron chi connectivity index (χ2n) is 5.18. The first-order valence-corrected chi connectivity index (χ1v) is 6.92. The first kappa shape index (κ1) is 15.0. The molecule has 0 aliphatic rings. The Kier molecular flexibility index (Phi) is 4.93. The van der Waals surface area contributed by atoms with Gasteiger partial charge in [-0.3, -0.25) is 4.79 Å². The number of rotatable bonds is 6. The normalized spacial score (nSPS) is 11.9. The van der Waals surface area contributed by atoms with Gasteiger partial charge in [-0.05, 0) is 42.7 Å². The minimum Gasteiger partial charge on any atom is -0.382 e. The number of hydrogen-bond acceptors (Lipinski definition) is 2. The van der Waals surface area contributed by atoms with Gasteiger partial charge >= 0.3 is 0 Å². The SMILES string of the molecule is C[C@@H](Cc1ccccc1F)Nc1ccc(CC(N)=O)cc1. The van der Waals surface area contributed by atoms with Gasteiger partial charge in [-0.1, -0.05) is 30.3 Å². The lowest BCUT2D eigenvalue weighted by molar-refractivity contribution is -0.117. The van der Waals surface area contributed by atoms with E-state index in [1.165, 1.54) is 6.07 Å². The summed E-state index contributed by atoms with van der Waals surface area (Å²) in [6.07, 6.45) is 0.848. The van der Waals surface area contributed by atoms with Gasteiger partial charge in [-0.25, -0.2) is 4.39 Å². The average Bonchev–Trinajstić information content (AvgIpc) is 2.43. The lowest BCUT2D eigenvalue weighted by Crippen LogP contribution is -2.19. The standard InChI is InChI=1S/C17H19FN2O/c1-12(10-14-4-2-3-5-16(14)18)20-15-8-6-13(7-9-15)11-17(19)21/h2-9,12,20H,10-11H2,1H3,(H2,19,21)/t12-/m0/s1. The van der Waals surface area contributed by atoms with E-state index in [0.717, 1.165) is 11.3 Å². The highest BCUT2D eigenvalue weighted by Crippen LogP contribution is 2.14. The van der Waals surface area contributed by atoms with E-state index in [1.54, 1.807) is 12.1 Å². The van der Waals surface area contributed by atoms with Crippen LogP contribution in [0.15, 0.2) is 48.5 Å². The van der Waals surface area contributed by atoms with E-state index in [0.29, 0.717) is 12.0 Å². The van der Waals surface area contributed by atoms with Crippen molar-refractivity contribution in [2.24, 2.45) is 5.73 Å². The summed E-state index contributed by atoms with van der Waals surface area (Å²) in [6, 6.07) is 14.4. The number of hydrogen-bond donors (Lipinski definition) is 2. The fourth-order valence-electron chi connectivity index (χ4n) is 2.25. The molecule has 0 saturated heterocycles. The van der Waals surface area contributed by atoms with Crippen molar-refractivity contribution in [3.63, 3.8) is 0 Å². The maximum atomic E-state index is 13.6. The molecule has 0 bridgehead atoms. The number of halogens is 1. The molecule has 1 atom stereocenters. The van der Waals surface area contributed by atoms with E-state index in [1.807, 2.05) is 37.3 Å². The Labute approximate surface area is 124 Å². The molecule has 110 valence electrons. The van der Waals surface area contributed by atoms with Crippen LogP contribution >= 0.6 is 0 Å².